The van der Waals surface area contributed by atoms with Gasteiger partial charge in [0.2, 0.25) is 0 Å². The molecule has 0 radical (unpaired) electrons. The van der Waals surface area contributed by atoms with Crippen LogP contribution in [0.3, 0.4) is 0 Å². The molecule has 0 spiro atoms. The van der Waals surface area contributed by atoms with E-state index in [4.69, 9.17) is 10.5 Å². The van der Waals surface area contributed by atoms with Gasteiger partial charge in [0, 0.05) is 26.0 Å². The van der Waals surface area contributed by atoms with E-state index in [0.717, 1.165) is 16.7 Å². The summed E-state index contributed by atoms with van der Waals surface area (Å²) in [6, 6.07) is 0. The topological polar surface area (TPSA) is 66.0 Å². The molecule has 0 aliphatic rings. The van der Waals surface area contributed by atoms with Gasteiger partial charge in [0.05, 0.1) is 6.10 Å². The third-order valence-corrected chi connectivity index (χ3v) is 3.27. The van der Waals surface area contributed by atoms with Gasteiger partial charge in [-0.25, -0.2) is 0 Å². The SMILES string of the molecule is CCOC(CN)CSc1nnc(C)n1C. The normalized spacial score (nSPS) is 13.1. The quantitative estimate of drug-likeness (QED) is 0.724. The van der Waals surface area contributed by atoms with E-state index in [1.165, 1.54) is 0 Å². The van der Waals surface area contributed by atoms with Gasteiger partial charge in [-0.2, -0.15) is 0 Å². The van der Waals surface area contributed by atoms with Gasteiger partial charge >= 0.3 is 0 Å². The summed E-state index contributed by atoms with van der Waals surface area (Å²) >= 11 is 1.62. The largest absolute Gasteiger partial charge is 0.376 e. The molecule has 1 heterocycles. The third kappa shape index (κ3) is 3.48. The number of nitrogens with two attached hydrogens (primary N) is 1. The van der Waals surface area contributed by atoms with Gasteiger partial charge in [0.25, 0.3) is 0 Å². The first-order valence-corrected chi connectivity index (χ1v) is 5.98. The molecule has 0 aromatic carbocycles. The molecule has 1 aromatic heterocycles. The fourth-order valence-corrected chi connectivity index (χ4v) is 2.09. The Kier molecular flexibility index (Phi) is 5.07. The molecule has 1 aromatic rings. The second-order valence-electron chi connectivity index (χ2n) is 3.21. The highest BCUT2D eigenvalue weighted by Gasteiger charge is 2.10. The van der Waals surface area contributed by atoms with Crippen LogP contribution < -0.4 is 5.73 Å². The monoisotopic (exact) mass is 230 g/mol. The summed E-state index contributed by atoms with van der Waals surface area (Å²) in [6.07, 6.45) is 0.0945. The lowest BCUT2D eigenvalue weighted by Gasteiger charge is -2.13. The summed E-state index contributed by atoms with van der Waals surface area (Å²) in [4.78, 5) is 0. The molecular formula is C9H18N4OS. The van der Waals surface area contributed by atoms with Gasteiger partial charge in [0.1, 0.15) is 5.82 Å². The molecule has 0 bridgehead atoms. The van der Waals surface area contributed by atoms with Crippen molar-refractivity contribution in [1.82, 2.24) is 14.8 Å². The van der Waals surface area contributed by atoms with Crippen LogP contribution in [0.2, 0.25) is 0 Å². The summed E-state index contributed by atoms with van der Waals surface area (Å²) in [5, 5.41) is 8.96. The predicted octanol–water partition coefficient (Wildman–Crippen LogP) is 0.579. The second kappa shape index (κ2) is 6.09. The van der Waals surface area contributed by atoms with E-state index in [-0.39, 0.29) is 6.10 Å². The van der Waals surface area contributed by atoms with Gasteiger partial charge in [0.15, 0.2) is 5.16 Å². The van der Waals surface area contributed by atoms with E-state index in [0.29, 0.717) is 13.2 Å². The summed E-state index contributed by atoms with van der Waals surface area (Å²) in [6.45, 7) is 5.14. The van der Waals surface area contributed by atoms with Gasteiger partial charge < -0.3 is 15.0 Å². The molecule has 2 N–H and O–H groups in total. The molecule has 0 saturated heterocycles. The van der Waals surface area contributed by atoms with E-state index in [1.54, 1.807) is 11.8 Å². The molecule has 1 atom stereocenters. The van der Waals surface area contributed by atoms with E-state index in [2.05, 4.69) is 10.2 Å². The van der Waals surface area contributed by atoms with E-state index >= 15 is 0 Å². The minimum absolute atomic E-state index is 0.0945. The summed E-state index contributed by atoms with van der Waals surface area (Å²) in [5.74, 6) is 1.73. The molecular weight excluding hydrogens is 212 g/mol. The Morgan fingerprint density at radius 2 is 2.27 bits per heavy atom. The zero-order valence-electron chi connectivity index (χ0n) is 9.43. The number of rotatable bonds is 6. The number of hydrogen-bond donors (Lipinski definition) is 1. The van der Waals surface area contributed by atoms with Gasteiger partial charge in [-0.3, -0.25) is 0 Å². The Balaban J connectivity index is 2.45. The molecule has 1 unspecified atom stereocenters. The van der Waals surface area contributed by atoms with Crippen LogP contribution in [0.4, 0.5) is 0 Å². The van der Waals surface area contributed by atoms with Crippen molar-refractivity contribution in [2.75, 3.05) is 18.9 Å². The smallest absolute Gasteiger partial charge is 0.191 e. The van der Waals surface area contributed by atoms with Gasteiger partial charge in [-0.15, -0.1) is 10.2 Å². The molecule has 15 heavy (non-hydrogen) atoms. The van der Waals surface area contributed by atoms with E-state index in [9.17, 15) is 0 Å². The van der Waals surface area contributed by atoms with Crippen molar-refractivity contribution in [3.8, 4) is 0 Å². The Morgan fingerprint density at radius 1 is 1.53 bits per heavy atom. The fraction of sp³-hybridized carbons (Fsp3) is 0.778. The molecule has 1 rings (SSSR count). The van der Waals surface area contributed by atoms with Crippen LogP contribution in [0.5, 0.6) is 0 Å². The fourth-order valence-electron chi connectivity index (χ4n) is 1.10. The number of aryl methyl sites for hydroxylation is 1. The molecule has 0 saturated carbocycles. The van der Waals surface area contributed by atoms with Gasteiger partial charge in [-0.1, -0.05) is 11.8 Å². The summed E-state index contributed by atoms with van der Waals surface area (Å²) < 4.78 is 7.42. The van der Waals surface area contributed by atoms with Crippen LogP contribution in [-0.4, -0.2) is 39.8 Å². The molecule has 86 valence electrons. The first-order valence-electron chi connectivity index (χ1n) is 4.99. The van der Waals surface area contributed by atoms with Gasteiger partial charge in [-0.05, 0) is 13.8 Å². The minimum Gasteiger partial charge on any atom is -0.376 e. The van der Waals surface area contributed by atoms with Crippen LogP contribution in [0.15, 0.2) is 5.16 Å². The highest BCUT2D eigenvalue weighted by atomic mass is 32.2. The summed E-state index contributed by atoms with van der Waals surface area (Å²) in [7, 11) is 1.95. The summed E-state index contributed by atoms with van der Waals surface area (Å²) in [5.41, 5.74) is 5.59. The molecule has 0 fully saturated rings. The van der Waals surface area contributed by atoms with Crippen molar-refractivity contribution in [1.29, 1.82) is 0 Å². The third-order valence-electron chi connectivity index (χ3n) is 2.12. The number of hydrogen-bond acceptors (Lipinski definition) is 5. The average molecular weight is 230 g/mol. The molecule has 0 aliphatic carbocycles. The number of ether oxygens (including phenoxy) is 1. The minimum atomic E-state index is 0.0945. The molecule has 6 heteroatoms. The maximum absolute atomic E-state index is 5.59. The Hall–Kier alpha value is -0.590. The van der Waals surface area contributed by atoms with E-state index < -0.39 is 0 Å². The highest BCUT2D eigenvalue weighted by molar-refractivity contribution is 7.99. The zero-order chi connectivity index (χ0) is 11.3. The van der Waals surface area contributed by atoms with Crippen LogP contribution >= 0.6 is 11.8 Å². The molecule has 0 aliphatic heterocycles. The maximum Gasteiger partial charge on any atom is 0.191 e. The molecule has 5 nitrogen and oxygen atoms in total. The average Bonchev–Trinajstić information content (AvgIpc) is 2.55. The second-order valence-corrected chi connectivity index (χ2v) is 4.20. The van der Waals surface area contributed by atoms with Crippen molar-refractivity contribution in [2.24, 2.45) is 12.8 Å². The van der Waals surface area contributed by atoms with E-state index in [1.807, 2.05) is 25.5 Å². The van der Waals surface area contributed by atoms with Crippen molar-refractivity contribution in [3.05, 3.63) is 5.82 Å². The van der Waals surface area contributed by atoms with Crippen molar-refractivity contribution in [2.45, 2.75) is 25.1 Å². The Labute approximate surface area is 94.4 Å². The number of nitrogens with zero attached hydrogens (tertiary/aromatic N) is 3. The van der Waals surface area contributed by atoms with Crippen molar-refractivity contribution < 1.29 is 4.74 Å². The Bertz CT molecular complexity index is 302. The van der Waals surface area contributed by atoms with Crippen molar-refractivity contribution >= 4 is 11.8 Å². The standard InChI is InChI=1S/C9H18N4OS/c1-4-14-8(5-10)6-15-9-12-11-7(2)13(9)3/h8H,4-6,10H2,1-3H3. The van der Waals surface area contributed by atoms with Crippen LogP contribution in [0.25, 0.3) is 0 Å². The lowest BCUT2D eigenvalue weighted by molar-refractivity contribution is 0.0858. The van der Waals surface area contributed by atoms with Crippen LogP contribution in [-0.2, 0) is 11.8 Å². The predicted molar refractivity (Wildman–Crippen MR) is 60.9 cm³/mol. The zero-order valence-corrected chi connectivity index (χ0v) is 10.3. The first kappa shape index (κ1) is 12.5. The van der Waals surface area contributed by atoms with Crippen molar-refractivity contribution in [3.63, 3.8) is 0 Å². The van der Waals surface area contributed by atoms with Crippen LogP contribution in [0.1, 0.15) is 12.7 Å². The first-order chi connectivity index (χ1) is 7.19. The maximum atomic E-state index is 5.59. The number of thioether (sulfide) groups is 1. The number of aromatic nitrogens is 3. The lowest BCUT2D eigenvalue weighted by Crippen LogP contribution is -2.26. The molecule has 0 amide bonds. The van der Waals surface area contributed by atoms with Crippen LogP contribution in [0, 0.1) is 6.92 Å². The lowest BCUT2D eigenvalue weighted by atomic mass is 10.4. The highest BCUT2D eigenvalue weighted by Crippen LogP contribution is 2.16. The Morgan fingerprint density at radius 3 is 2.73 bits per heavy atom.